The van der Waals surface area contributed by atoms with Crippen molar-refractivity contribution in [2.75, 3.05) is 19.7 Å². The maximum Gasteiger partial charge on any atom is 0.325 e. The Balaban J connectivity index is 1.95. The molecule has 0 saturated carbocycles. The number of rotatable bonds is 2. The molecule has 3 N–H and O–H groups in total. The number of hydrogen-bond donors (Lipinski definition) is 2. The van der Waals surface area contributed by atoms with Gasteiger partial charge in [0.2, 0.25) is 0 Å². The second-order valence-corrected chi connectivity index (χ2v) is 5.04. The molecule has 0 aromatic carbocycles. The Bertz CT molecular complexity index is 284. The van der Waals surface area contributed by atoms with Gasteiger partial charge in [0, 0.05) is 25.7 Å². The lowest BCUT2D eigenvalue weighted by Crippen LogP contribution is -2.51. The Morgan fingerprint density at radius 2 is 2.38 bits per heavy atom. The van der Waals surface area contributed by atoms with Crippen LogP contribution in [-0.4, -0.2) is 53.4 Å². The number of carboxylic acid groups (broad SMARTS) is 1. The molecule has 0 aromatic heterocycles. The fourth-order valence-electron chi connectivity index (χ4n) is 2.66. The van der Waals surface area contributed by atoms with E-state index in [9.17, 15) is 4.79 Å². The summed E-state index contributed by atoms with van der Waals surface area (Å²) >= 11 is 0. The van der Waals surface area contributed by atoms with Crippen molar-refractivity contribution in [3.63, 3.8) is 0 Å². The number of carboxylic acids is 1. The number of nitrogens with two attached hydrogens (primary N) is 1. The minimum absolute atomic E-state index is 0.274. The summed E-state index contributed by atoms with van der Waals surface area (Å²) < 4.78 is 5.49. The number of nitrogens with zero attached hydrogens (tertiary/aromatic N) is 1. The van der Waals surface area contributed by atoms with Crippen molar-refractivity contribution in [2.45, 2.75) is 43.9 Å². The predicted octanol–water partition coefficient (Wildman–Crippen LogP) is 0.0417. The molecule has 5 heteroatoms. The van der Waals surface area contributed by atoms with Crippen molar-refractivity contribution in [1.29, 1.82) is 0 Å². The number of carbonyl (C=O) groups is 1. The molecular weight excluding hydrogens is 208 g/mol. The van der Waals surface area contributed by atoms with Crippen LogP contribution in [0.1, 0.15) is 26.2 Å². The van der Waals surface area contributed by atoms with E-state index in [1.54, 1.807) is 0 Å². The van der Waals surface area contributed by atoms with E-state index in [0.29, 0.717) is 19.0 Å². The number of likely N-dealkylation sites (tertiary alicyclic amines) is 1. The zero-order valence-electron chi connectivity index (χ0n) is 9.69. The fraction of sp³-hybridized carbons (Fsp3) is 0.909. The molecule has 0 aromatic rings. The summed E-state index contributed by atoms with van der Waals surface area (Å²) in [5, 5.41) is 9.06. The highest BCUT2D eigenvalue weighted by atomic mass is 16.5. The third kappa shape index (κ3) is 2.21. The molecular formula is C11H20N2O3. The number of ether oxygens (including phenoxy) is 1. The molecule has 2 rings (SSSR count). The molecule has 3 unspecified atom stereocenters. The van der Waals surface area contributed by atoms with Crippen LogP contribution in [0.4, 0.5) is 0 Å². The summed E-state index contributed by atoms with van der Waals surface area (Å²) in [6, 6.07) is 0.438. The van der Waals surface area contributed by atoms with Crippen LogP contribution in [0.5, 0.6) is 0 Å². The Morgan fingerprint density at radius 3 is 2.94 bits per heavy atom. The van der Waals surface area contributed by atoms with Gasteiger partial charge in [-0.3, -0.25) is 9.69 Å². The van der Waals surface area contributed by atoms with Crippen molar-refractivity contribution in [3.05, 3.63) is 0 Å². The van der Waals surface area contributed by atoms with Crippen molar-refractivity contribution in [2.24, 2.45) is 5.73 Å². The van der Waals surface area contributed by atoms with Crippen LogP contribution in [-0.2, 0) is 9.53 Å². The van der Waals surface area contributed by atoms with Gasteiger partial charge < -0.3 is 15.6 Å². The van der Waals surface area contributed by atoms with Gasteiger partial charge in [-0.05, 0) is 26.2 Å². The molecule has 0 spiro atoms. The minimum atomic E-state index is -1.04. The molecule has 5 nitrogen and oxygen atoms in total. The lowest BCUT2D eigenvalue weighted by molar-refractivity contribution is -0.142. The van der Waals surface area contributed by atoms with Crippen molar-refractivity contribution >= 4 is 5.97 Å². The maximum absolute atomic E-state index is 11.0. The van der Waals surface area contributed by atoms with Crippen LogP contribution in [0, 0.1) is 0 Å². The first-order valence-electron chi connectivity index (χ1n) is 5.89. The average molecular weight is 228 g/mol. The zero-order valence-corrected chi connectivity index (χ0v) is 9.69. The first-order valence-corrected chi connectivity index (χ1v) is 5.89. The van der Waals surface area contributed by atoms with Crippen LogP contribution in [0.15, 0.2) is 0 Å². The lowest BCUT2D eigenvalue weighted by Gasteiger charge is -2.34. The molecule has 16 heavy (non-hydrogen) atoms. The van der Waals surface area contributed by atoms with E-state index in [4.69, 9.17) is 15.6 Å². The average Bonchev–Trinajstić information content (AvgIpc) is 2.62. The quantitative estimate of drug-likeness (QED) is 0.698. The molecule has 0 amide bonds. The van der Waals surface area contributed by atoms with Gasteiger partial charge in [-0.25, -0.2) is 0 Å². The molecule has 92 valence electrons. The topological polar surface area (TPSA) is 75.8 Å². The van der Waals surface area contributed by atoms with Crippen LogP contribution < -0.4 is 5.73 Å². The van der Waals surface area contributed by atoms with Gasteiger partial charge in [0.1, 0.15) is 5.54 Å². The summed E-state index contributed by atoms with van der Waals surface area (Å²) in [4.78, 5) is 13.3. The van der Waals surface area contributed by atoms with E-state index in [1.807, 2.05) is 0 Å². The fourth-order valence-corrected chi connectivity index (χ4v) is 2.66. The molecule has 0 bridgehead atoms. The molecule has 2 fully saturated rings. The number of hydrogen-bond acceptors (Lipinski definition) is 4. The molecule has 2 heterocycles. The first kappa shape index (κ1) is 11.8. The van der Waals surface area contributed by atoms with Gasteiger partial charge in [-0.2, -0.15) is 0 Å². The van der Waals surface area contributed by atoms with E-state index in [2.05, 4.69) is 11.8 Å². The summed E-state index contributed by atoms with van der Waals surface area (Å²) in [6.07, 6.45) is 2.79. The van der Waals surface area contributed by atoms with Crippen LogP contribution >= 0.6 is 0 Å². The van der Waals surface area contributed by atoms with Gasteiger partial charge >= 0.3 is 5.97 Å². The van der Waals surface area contributed by atoms with Gasteiger partial charge in [-0.1, -0.05) is 0 Å². The van der Waals surface area contributed by atoms with Gasteiger partial charge in [0.15, 0.2) is 0 Å². The Hall–Kier alpha value is -0.650. The lowest BCUT2D eigenvalue weighted by atomic mass is 10.00. The van der Waals surface area contributed by atoms with Crippen LogP contribution in [0.2, 0.25) is 0 Å². The summed E-state index contributed by atoms with van der Waals surface area (Å²) in [5.74, 6) is -0.880. The Kier molecular flexibility index (Phi) is 3.19. The van der Waals surface area contributed by atoms with Crippen LogP contribution in [0.25, 0.3) is 0 Å². The molecule has 0 radical (unpaired) electrons. The maximum atomic E-state index is 11.0. The zero-order chi connectivity index (χ0) is 11.8. The highest BCUT2D eigenvalue weighted by Crippen LogP contribution is 2.26. The van der Waals surface area contributed by atoms with E-state index in [-0.39, 0.29) is 6.10 Å². The van der Waals surface area contributed by atoms with Crippen LogP contribution in [0.3, 0.4) is 0 Å². The monoisotopic (exact) mass is 228 g/mol. The second-order valence-electron chi connectivity index (χ2n) is 5.04. The Morgan fingerprint density at radius 1 is 1.62 bits per heavy atom. The molecule has 2 aliphatic rings. The van der Waals surface area contributed by atoms with E-state index in [1.165, 1.54) is 0 Å². The first-order chi connectivity index (χ1) is 7.51. The highest BCUT2D eigenvalue weighted by Gasteiger charge is 2.43. The highest BCUT2D eigenvalue weighted by molar-refractivity contribution is 5.79. The van der Waals surface area contributed by atoms with Crippen molar-refractivity contribution in [1.82, 2.24) is 4.90 Å². The normalized spacial score (nSPS) is 41.1. The minimum Gasteiger partial charge on any atom is -0.480 e. The van der Waals surface area contributed by atoms with Gasteiger partial charge in [-0.15, -0.1) is 0 Å². The SMILES string of the molecule is CC1CC(N2CCC(N)(C(=O)O)C2)CCO1. The van der Waals surface area contributed by atoms with Gasteiger partial charge in [0.25, 0.3) is 0 Å². The van der Waals surface area contributed by atoms with E-state index >= 15 is 0 Å². The molecule has 3 atom stereocenters. The summed E-state index contributed by atoms with van der Waals surface area (Å²) in [5.41, 5.74) is 4.82. The predicted molar refractivity (Wildman–Crippen MR) is 59.2 cm³/mol. The number of aliphatic carboxylic acids is 1. The van der Waals surface area contributed by atoms with Crippen molar-refractivity contribution in [3.8, 4) is 0 Å². The largest absolute Gasteiger partial charge is 0.480 e. The third-order valence-corrected chi connectivity index (χ3v) is 3.73. The van der Waals surface area contributed by atoms with Gasteiger partial charge in [0.05, 0.1) is 6.10 Å². The molecule has 2 saturated heterocycles. The molecule has 2 aliphatic heterocycles. The van der Waals surface area contributed by atoms with Crippen molar-refractivity contribution < 1.29 is 14.6 Å². The second kappa shape index (κ2) is 4.31. The van der Waals surface area contributed by atoms with E-state index in [0.717, 1.165) is 26.0 Å². The molecule has 0 aliphatic carbocycles. The van der Waals surface area contributed by atoms with E-state index < -0.39 is 11.5 Å². The third-order valence-electron chi connectivity index (χ3n) is 3.73. The standard InChI is InChI=1S/C11H20N2O3/c1-8-6-9(2-5-16-8)13-4-3-11(12,7-13)10(14)15/h8-9H,2-7,12H2,1H3,(H,14,15). The smallest absolute Gasteiger partial charge is 0.325 e. The summed E-state index contributed by atoms with van der Waals surface area (Å²) in [6.45, 7) is 4.10. The Labute approximate surface area is 95.5 Å². The summed E-state index contributed by atoms with van der Waals surface area (Å²) in [7, 11) is 0.